The first-order valence-corrected chi connectivity index (χ1v) is 7.25. The number of carboxylic acid groups (broad SMARTS) is 1. The minimum Gasteiger partial charge on any atom is -0.481 e. The molecular formula is C14H23NO3. The summed E-state index contributed by atoms with van der Waals surface area (Å²) in [5.74, 6) is -1.01. The third-order valence-electron chi connectivity index (χ3n) is 5.08. The Morgan fingerprint density at radius 2 is 1.78 bits per heavy atom. The Bertz CT molecular complexity index is 315. The number of nitrogens with zero attached hydrogens (tertiary/aromatic N) is 1. The Kier molecular flexibility index (Phi) is 3.32. The molecule has 1 saturated carbocycles. The van der Waals surface area contributed by atoms with E-state index >= 15 is 0 Å². The van der Waals surface area contributed by atoms with Gasteiger partial charge in [0.1, 0.15) is 0 Å². The number of carbonyl (C=O) groups is 1. The largest absolute Gasteiger partial charge is 0.481 e. The number of likely N-dealkylation sites (tertiary alicyclic amines) is 1. The van der Waals surface area contributed by atoms with Crippen molar-refractivity contribution in [2.75, 3.05) is 26.3 Å². The van der Waals surface area contributed by atoms with Crippen LogP contribution in [0.4, 0.5) is 0 Å². The van der Waals surface area contributed by atoms with Gasteiger partial charge in [0.05, 0.1) is 19.1 Å². The van der Waals surface area contributed by atoms with Crippen LogP contribution in [0.1, 0.15) is 38.5 Å². The SMILES string of the molecule is O=C(O)C1COCC1N1CC2(CCCCCC2)C1. The first-order valence-electron chi connectivity index (χ1n) is 7.25. The van der Waals surface area contributed by atoms with Gasteiger partial charge < -0.3 is 9.84 Å². The van der Waals surface area contributed by atoms with Gasteiger partial charge in [0.15, 0.2) is 0 Å². The van der Waals surface area contributed by atoms with Crippen molar-refractivity contribution in [2.24, 2.45) is 11.3 Å². The van der Waals surface area contributed by atoms with Gasteiger partial charge in [0, 0.05) is 19.1 Å². The lowest BCUT2D eigenvalue weighted by atomic mass is 9.72. The van der Waals surface area contributed by atoms with E-state index in [1.165, 1.54) is 38.5 Å². The Morgan fingerprint density at radius 3 is 2.39 bits per heavy atom. The minimum absolute atomic E-state index is 0.122. The van der Waals surface area contributed by atoms with Crippen LogP contribution >= 0.6 is 0 Å². The van der Waals surface area contributed by atoms with E-state index in [2.05, 4.69) is 4.90 Å². The van der Waals surface area contributed by atoms with Crippen molar-refractivity contribution >= 4 is 5.97 Å². The molecule has 0 amide bonds. The predicted molar refractivity (Wildman–Crippen MR) is 67.4 cm³/mol. The summed E-state index contributed by atoms with van der Waals surface area (Å²) in [5.41, 5.74) is 0.516. The van der Waals surface area contributed by atoms with Gasteiger partial charge in [-0.1, -0.05) is 25.7 Å². The fourth-order valence-corrected chi connectivity index (χ4v) is 3.98. The monoisotopic (exact) mass is 253 g/mol. The van der Waals surface area contributed by atoms with E-state index in [0.29, 0.717) is 18.6 Å². The average molecular weight is 253 g/mol. The summed E-state index contributed by atoms with van der Waals surface area (Å²) in [6, 6.07) is 0.122. The Morgan fingerprint density at radius 1 is 1.11 bits per heavy atom. The maximum absolute atomic E-state index is 11.2. The van der Waals surface area contributed by atoms with E-state index in [9.17, 15) is 9.90 Å². The minimum atomic E-state index is -0.695. The molecular weight excluding hydrogens is 230 g/mol. The van der Waals surface area contributed by atoms with Crippen molar-refractivity contribution < 1.29 is 14.6 Å². The van der Waals surface area contributed by atoms with Gasteiger partial charge in [0.25, 0.3) is 0 Å². The summed E-state index contributed by atoms with van der Waals surface area (Å²) in [7, 11) is 0. The molecule has 0 aromatic rings. The number of rotatable bonds is 2. The van der Waals surface area contributed by atoms with Gasteiger partial charge in [-0.05, 0) is 18.3 Å². The maximum atomic E-state index is 11.2. The highest BCUT2D eigenvalue weighted by molar-refractivity contribution is 5.71. The number of hydrogen-bond donors (Lipinski definition) is 1. The standard InChI is InChI=1S/C14H23NO3/c16-13(17)11-7-18-8-12(11)15-9-14(10-15)5-3-1-2-4-6-14/h11-12H,1-10H2,(H,16,17). The quantitative estimate of drug-likeness (QED) is 0.814. The highest BCUT2D eigenvalue weighted by Crippen LogP contribution is 2.44. The number of carboxylic acids is 1. The summed E-state index contributed by atoms with van der Waals surface area (Å²) in [6.07, 6.45) is 8.16. The number of hydrogen-bond acceptors (Lipinski definition) is 3. The predicted octanol–water partition coefficient (Wildman–Crippen LogP) is 1.74. The molecule has 18 heavy (non-hydrogen) atoms. The van der Waals surface area contributed by atoms with Crippen LogP contribution in [0.3, 0.4) is 0 Å². The van der Waals surface area contributed by atoms with Crippen LogP contribution in [-0.4, -0.2) is 48.3 Å². The highest BCUT2D eigenvalue weighted by atomic mass is 16.5. The van der Waals surface area contributed by atoms with Crippen LogP contribution in [0.2, 0.25) is 0 Å². The summed E-state index contributed by atoms with van der Waals surface area (Å²) >= 11 is 0. The van der Waals surface area contributed by atoms with Crippen LogP contribution < -0.4 is 0 Å². The van der Waals surface area contributed by atoms with Gasteiger partial charge >= 0.3 is 5.97 Å². The average Bonchev–Trinajstić information content (AvgIpc) is 2.64. The molecule has 1 spiro atoms. The molecule has 4 nitrogen and oxygen atoms in total. The Hall–Kier alpha value is -0.610. The number of ether oxygens (including phenoxy) is 1. The lowest BCUT2D eigenvalue weighted by Crippen LogP contribution is -2.61. The molecule has 1 aliphatic carbocycles. The summed E-state index contributed by atoms with van der Waals surface area (Å²) in [5, 5.41) is 9.19. The van der Waals surface area contributed by atoms with Crippen LogP contribution in [0.25, 0.3) is 0 Å². The molecule has 2 saturated heterocycles. The summed E-state index contributed by atoms with van der Waals surface area (Å²) < 4.78 is 5.37. The molecule has 3 aliphatic rings. The van der Waals surface area contributed by atoms with Gasteiger partial charge in [0.2, 0.25) is 0 Å². The van der Waals surface area contributed by atoms with E-state index in [1.807, 2.05) is 0 Å². The van der Waals surface area contributed by atoms with Crippen LogP contribution in [0.5, 0.6) is 0 Å². The molecule has 2 atom stereocenters. The molecule has 1 N–H and O–H groups in total. The van der Waals surface area contributed by atoms with E-state index in [1.54, 1.807) is 0 Å². The van der Waals surface area contributed by atoms with Crippen LogP contribution in [-0.2, 0) is 9.53 Å². The van der Waals surface area contributed by atoms with Gasteiger partial charge in [-0.3, -0.25) is 9.69 Å². The smallest absolute Gasteiger partial charge is 0.310 e. The second-order valence-corrected chi connectivity index (χ2v) is 6.37. The molecule has 2 heterocycles. The second kappa shape index (κ2) is 4.82. The Labute approximate surface area is 108 Å². The normalized spacial score (nSPS) is 36.2. The first-order chi connectivity index (χ1) is 8.70. The molecule has 0 aromatic carbocycles. The van der Waals surface area contributed by atoms with Gasteiger partial charge in [-0.15, -0.1) is 0 Å². The zero-order valence-corrected chi connectivity index (χ0v) is 10.9. The van der Waals surface area contributed by atoms with Crippen molar-refractivity contribution in [1.29, 1.82) is 0 Å². The lowest BCUT2D eigenvalue weighted by Gasteiger charge is -2.53. The van der Waals surface area contributed by atoms with Crippen molar-refractivity contribution in [3.63, 3.8) is 0 Å². The van der Waals surface area contributed by atoms with Crippen molar-refractivity contribution in [3.05, 3.63) is 0 Å². The maximum Gasteiger partial charge on any atom is 0.310 e. The molecule has 3 rings (SSSR count). The van der Waals surface area contributed by atoms with E-state index in [4.69, 9.17) is 4.74 Å². The highest BCUT2D eigenvalue weighted by Gasteiger charge is 2.49. The van der Waals surface area contributed by atoms with Crippen molar-refractivity contribution in [3.8, 4) is 0 Å². The van der Waals surface area contributed by atoms with Crippen molar-refractivity contribution in [2.45, 2.75) is 44.6 Å². The summed E-state index contributed by atoms with van der Waals surface area (Å²) in [4.78, 5) is 13.5. The first kappa shape index (κ1) is 12.4. The third kappa shape index (κ3) is 2.16. The fourth-order valence-electron chi connectivity index (χ4n) is 3.98. The number of aliphatic carboxylic acids is 1. The molecule has 0 radical (unpaired) electrons. The Balaban J connectivity index is 1.59. The molecule has 2 unspecified atom stereocenters. The molecule has 3 fully saturated rings. The zero-order valence-electron chi connectivity index (χ0n) is 10.9. The molecule has 0 aromatic heterocycles. The molecule has 4 heteroatoms. The molecule has 102 valence electrons. The van der Waals surface area contributed by atoms with Crippen LogP contribution in [0.15, 0.2) is 0 Å². The topological polar surface area (TPSA) is 49.8 Å². The fraction of sp³-hybridized carbons (Fsp3) is 0.929. The van der Waals surface area contributed by atoms with Gasteiger partial charge in [-0.2, -0.15) is 0 Å². The second-order valence-electron chi connectivity index (χ2n) is 6.37. The third-order valence-corrected chi connectivity index (χ3v) is 5.08. The zero-order chi connectivity index (χ0) is 12.6. The lowest BCUT2D eigenvalue weighted by molar-refractivity contribution is -0.145. The molecule has 0 bridgehead atoms. The van der Waals surface area contributed by atoms with Crippen LogP contribution in [0, 0.1) is 11.3 Å². The van der Waals surface area contributed by atoms with E-state index < -0.39 is 5.97 Å². The van der Waals surface area contributed by atoms with Gasteiger partial charge in [-0.25, -0.2) is 0 Å². The summed E-state index contributed by atoms with van der Waals surface area (Å²) in [6.45, 7) is 3.20. The molecule has 2 aliphatic heterocycles. The van der Waals surface area contributed by atoms with Crippen molar-refractivity contribution in [1.82, 2.24) is 4.90 Å². The van der Waals surface area contributed by atoms with E-state index in [0.717, 1.165) is 13.1 Å². The van der Waals surface area contributed by atoms with E-state index in [-0.39, 0.29) is 12.0 Å².